The molecule has 34 heavy (non-hydrogen) atoms. The largest absolute Gasteiger partial charge is 0.379 e. The van der Waals surface area contributed by atoms with Crippen LogP contribution in [0.4, 0.5) is 5.69 Å². The molecule has 1 atom stereocenters. The molecular formula is C24H33N5O4S. The summed E-state index contributed by atoms with van der Waals surface area (Å²) in [5, 5.41) is 6.10. The van der Waals surface area contributed by atoms with Crippen molar-refractivity contribution in [3.63, 3.8) is 0 Å². The van der Waals surface area contributed by atoms with Crippen molar-refractivity contribution >= 4 is 40.3 Å². The van der Waals surface area contributed by atoms with Crippen molar-refractivity contribution in [3.8, 4) is 0 Å². The Hall–Kier alpha value is -2.43. The molecule has 3 amide bonds. The van der Waals surface area contributed by atoms with Gasteiger partial charge in [0.25, 0.3) is 11.8 Å². The first-order chi connectivity index (χ1) is 16.3. The van der Waals surface area contributed by atoms with Crippen molar-refractivity contribution in [1.82, 2.24) is 15.1 Å². The van der Waals surface area contributed by atoms with Crippen LogP contribution in [0, 0.1) is 0 Å². The van der Waals surface area contributed by atoms with Crippen LogP contribution in [0.25, 0.3) is 0 Å². The maximum atomic E-state index is 12.6. The molecule has 0 spiro atoms. The van der Waals surface area contributed by atoms with E-state index in [1.807, 2.05) is 0 Å². The second-order valence-electron chi connectivity index (χ2n) is 9.46. The zero-order valence-corrected chi connectivity index (χ0v) is 20.7. The third kappa shape index (κ3) is 6.17. The Morgan fingerprint density at radius 3 is 2.47 bits per heavy atom. The van der Waals surface area contributed by atoms with Crippen LogP contribution in [0.1, 0.15) is 43.5 Å². The Morgan fingerprint density at radius 2 is 1.79 bits per heavy atom. The summed E-state index contributed by atoms with van der Waals surface area (Å²) in [5.41, 5.74) is 0.953. The molecule has 2 N–H and O–H groups in total. The van der Waals surface area contributed by atoms with Gasteiger partial charge >= 0.3 is 0 Å². The summed E-state index contributed by atoms with van der Waals surface area (Å²) in [6.45, 7) is 9.73. The molecule has 1 aromatic carbocycles. The lowest BCUT2D eigenvalue weighted by Gasteiger charge is -2.40. The minimum atomic E-state index is -0.476. The van der Waals surface area contributed by atoms with Gasteiger partial charge in [0.1, 0.15) is 5.25 Å². The number of nitrogens with zero attached hydrogens (tertiary/aromatic N) is 3. The van der Waals surface area contributed by atoms with E-state index in [0.29, 0.717) is 31.0 Å². The molecule has 2 saturated heterocycles. The van der Waals surface area contributed by atoms with Gasteiger partial charge in [0, 0.05) is 55.9 Å². The summed E-state index contributed by atoms with van der Waals surface area (Å²) in [6, 6.07) is 6.79. The van der Waals surface area contributed by atoms with Gasteiger partial charge in [-0.3, -0.25) is 19.3 Å². The van der Waals surface area contributed by atoms with Crippen LogP contribution in [0.2, 0.25) is 0 Å². The van der Waals surface area contributed by atoms with Crippen molar-refractivity contribution in [2.75, 3.05) is 51.3 Å². The summed E-state index contributed by atoms with van der Waals surface area (Å²) >= 11 is 1.38. The van der Waals surface area contributed by atoms with Crippen LogP contribution in [0.3, 0.4) is 0 Å². The smallest absolute Gasteiger partial charge is 0.262 e. The first kappa shape index (κ1) is 24.7. The Bertz CT molecular complexity index is 937. The second-order valence-corrected chi connectivity index (χ2v) is 10.6. The zero-order chi connectivity index (χ0) is 24.1. The van der Waals surface area contributed by atoms with Crippen molar-refractivity contribution in [3.05, 3.63) is 29.8 Å². The van der Waals surface area contributed by atoms with E-state index in [0.717, 1.165) is 44.2 Å². The van der Waals surface area contributed by atoms with Crippen LogP contribution in [0.15, 0.2) is 29.3 Å². The lowest BCUT2D eigenvalue weighted by molar-refractivity contribution is -0.121. The van der Waals surface area contributed by atoms with E-state index in [9.17, 15) is 14.4 Å². The number of likely N-dealkylation sites (tertiary alicyclic amines) is 1. The number of hydrogen-bond donors (Lipinski definition) is 2. The van der Waals surface area contributed by atoms with Gasteiger partial charge in [-0.25, -0.2) is 0 Å². The van der Waals surface area contributed by atoms with E-state index in [4.69, 9.17) is 4.74 Å². The summed E-state index contributed by atoms with van der Waals surface area (Å²) < 4.78 is 5.41. The van der Waals surface area contributed by atoms with Gasteiger partial charge in [-0.1, -0.05) is 11.8 Å². The molecule has 1 aromatic rings. The number of thioether (sulfide) groups is 1. The van der Waals surface area contributed by atoms with Crippen LogP contribution in [-0.2, 0) is 14.3 Å². The number of amidine groups is 1. The van der Waals surface area contributed by atoms with Gasteiger partial charge in [0.2, 0.25) is 5.91 Å². The lowest BCUT2D eigenvalue weighted by Crippen LogP contribution is -2.55. The standard InChI is InChI=1S/C24H33N5O4S/c1-24(2,29-11-13-33-14-12-29)16-25-21(31)17-5-7-18(8-6-17)26-20(30)15-19-22(32)27-23(34-19)28-9-3-4-10-28/h5-8,19H,3-4,9-16H2,1-2H3,(H,25,31)(H,26,30)/t19-/m0/s1. The van der Waals surface area contributed by atoms with Crippen molar-refractivity contribution < 1.29 is 19.1 Å². The third-order valence-corrected chi connectivity index (χ3v) is 7.67. The minimum absolute atomic E-state index is 0.0726. The molecule has 3 heterocycles. The molecule has 0 aliphatic carbocycles. The molecule has 10 heteroatoms. The molecule has 2 fully saturated rings. The minimum Gasteiger partial charge on any atom is -0.379 e. The quantitative estimate of drug-likeness (QED) is 0.606. The molecule has 0 aromatic heterocycles. The number of morpholine rings is 1. The number of ether oxygens (including phenoxy) is 1. The van der Waals surface area contributed by atoms with Gasteiger partial charge in [-0.2, -0.15) is 4.99 Å². The van der Waals surface area contributed by atoms with Crippen molar-refractivity contribution in [2.24, 2.45) is 4.99 Å². The number of aliphatic imine (C=N–C) groups is 1. The van der Waals surface area contributed by atoms with Gasteiger partial charge in [0.15, 0.2) is 5.17 Å². The summed E-state index contributed by atoms with van der Waals surface area (Å²) in [4.78, 5) is 45.9. The molecule has 3 aliphatic heterocycles. The fraction of sp³-hybridized carbons (Fsp3) is 0.583. The van der Waals surface area contributed by atoms with E-state index in [1.165, 1.54) is 11.8 Å². The molecule has 184 valence electrons. The fourth-order valence-electron chi connectivity index (χ4n) is 4.32. The molecule has 0 unspecified atom stereocenters. The van der Waals surface area contributed by atoms with Gasteiger partial charge in [-0.05, 0) is 51.0 Å². The van der Waals surface area contributed by atoms with Crippen LogP contribution < -0.4 is 10.6 Å². The number of rotatable bonds is 7. The third-order valence-electron chi connectivity index (χ3n) is 6.46. The number of hydrogen-bond acceptors (Lipinski definition) is 7. The normalized spacial score (nSPS) is 21.5. The SMILES string of the molecule is CC(C)(CNC(=O)c1ccc(NC(=O)C[C@@H]2SC(N3CCCC3)=NC2=O)cc1)N1CCOCC1. The fourth-order valence-corrected chi connectivity index (χ4v) is 5.43. The highest BCUT2D eigenvalue weighted by atomic mass is 32.2. The highest BCUT2D eigenvalue weighted by molar-refractivity contribution is 8.15. The first-order valence-corrected chi connectivity index (χ1v) is 12.7. The van der Waals surface area contributed by atoms with Crippen molar-refractivity contribution in [1.29, 1.82) is 0 Å². The van der Waals surface area contributed by atoms with Gasteiger partial charge in [-0.15, -0.1) is 0 Å². The number of carbonyl (C=O) groups is 3. The maximum absolute atomic E-state index is 12.6. The van der Waals surface area contributed by atoms with Crippen molar-refractivity contribution in [2.45, 2.75) is 43.9 Å². The number of benzene rings is 1. The monoisotopic (exact) mass is 487 g/mol. The number of amides is 3. The van der Waals surface area contributed by atoms with E-state index < -0.39 is 5.25 Å². The van der Waals surface area contributed by atoms with Gasteiger partial charge in [0.05, 0.1) is 13.2 Å². The van der Waals surface area contributed by atoms with E-state index >= 15 is 0 Å². The number of nitrogens with one attached hydrogen (secondary N) is 2. The van der Waals surface area contributed by atoms with Crippen LogP contribution >= 0.6 is 11.8 Å². The first-order valence-electron chi connectivity index (χ1n) is 11.9. The predicted octanol–water partition coefficient (Wildman–Crippen LogP) is 1.95. The highest BCUT2D eigenvalue weighted by Crippen LogP contribution is 2.29. The number of anilines is 1. The summed E-state index contributed by atoms with van der Waals surface area (Å²) in [5.74, 6) is -0.638. The Balaban J connectivity index is 1.23. The van der Waals surface area contributed by atoms with E-state index in [2.05, 4.69) is 39.3 Å². The maximum Gasteiger partial charge on any atom is 0.262 e. The van der Waals surface area contributed by atoms with Crippen LogP contribution in [0.5, 0.6) is 0 Å². The number of carbonyl (C=O) groups excluding carboxylic acids is 3. The van der Waals surface area contributed by atoms with Crippen LogP contribution in [-0.4, -0.2) is 89.4 Å². The Morgan fingerprint density at radius 1 is 1.12 bits per heavy atom. The van der Waals surface area contributed by atoms with E-state index in [1.54, 1.807) is 24.3 Å². The summed E-state index contributed by atoms with van der Waals surface area (Å²) in [6.07, 6.45) is 2.29. The average Bonchev–Trinajstić information content (AvgIpc) is 3.49. The van der Waals surface area contributed by atoms with Gasteiger partial charge < -0.3 is 20.3 Å². The zero-order valence-electron chi connectivity index (χ0n) is 19.8. The molecule has 0 saturated carbocycles. The van der Waals surface area contributed by atoms with E-state index in [-0.39, 0.29) is 29.7 Å². The lowest BCUT2D eigenvalue weighted by atomic mass is 10.0. The molecule has 3 aliphatic rings. The average molecular weight is 488 g/mol. The molecule has 4 rings (SSSR count). The highest BCUT2D eigenvalue weighted by Gasteiger charge is 2.34. The summed E-state index contributed by atoms with van der Waals surface area (Å²) in [7, 11) is 0. The molecule has 0 bridgehead atoms. The second kappa shape index (κ2) is 10.9. The molecular weight excluding hydrogens is 454 g/mol. The molecule has 0 radical (unpaired) electrons. The predicted molar refractivity (Wildman–Crippen MR) is 133 cm³/mol. The topological polar surface area (TPSA) is 103 Å². The Labute approximate surface area is 204 Å². The molecule has 9 nitrogen and oxygen atoms in total. The Kier molecular flexibility index (Phi) is 7.90.